The molecular weight excluding hydrogens is 630 g/mol. The monoisotopic (exact) mass is 669 g/mol. The minimum atomic E-state index is -4.15. The molecule has 3 aromatic rings. The van der Waals surface area contributed by atoms with Crippen molar-refractivity contribution in [1.82, 2.24) is 10.2 Å². The van der Waals surface area contributed by atoms with Crippen molar-refractivity contribution in [2.45, 2.75) is 76.4 Å². The van der Waals surface area contributed by atoms with Gasteiger partial charge in [-0.25, -0.2) is 8.42 Å². The van der Waals surface area contributed by atoms with Gasteiger partial charge in [0.25, 0.3) is 10.0 Å². The first-order valence-corrected chi connectivity index (χ1v) is 17.0. The summed E-state index contributed by atoms with van der Waals surface area (Å²) in [6, 6.07) is 19.9. The quantitative estimate of drug-likeness (QED) is 0.247. The summed E-state index contributed by atoms with van der Waals surface area (Å²) in [6.07, 6.45) is 5.13. The first-order chi connectivity index (χ1) is 20.6. The highest BCUT2D eigenvalue weighted by atomic mass is 79.9. The van der Waals surface area contributed by atoms with Crippen molar-refractivity contribution in [1.29, 1.82) is 0 Å². The third-order valence-electron chi connectivity index (χ3n) is 7.67. The van der Waals surface area contributed by atoms with Gasteiger partial charge in [-0.2, -0.15) is 0 Å². The van der Waals surface area contributed by atoms with Crippen LogP contribution < -0.4 is 14.4 Å². The van der Waals surface area contributed by atoms with E-state index < -0.39 is 28.5 Å². The molecule has 0 aliphatic heterocycles. The number of nitrogens with zero attached hydrogens (tertiary/aromatic N) is 2. The maximum absolute atomic E-state index is 14.2. The molecule has 4 rings (SSSR count). The smallest absolute Gasteiger partial charge is 0.264 e. The van der Waals surface area contributed by atoms with Gasteiger partial charge in [-0.05, 0) is 87.7 Å². The Labute approximate surface area is 263 Å². The Morgan fingerprint density at radius 3 is 2.30 bits per heavy atom. The van der Waals surface area contributed by atoms with Gasteiger partial charge in [0.15, 0.2) is 0 Å². The molecule has 0 radical (unpaired) electrons. The predicted octanol–water partition coefficient (Wildman–Crippen LogP) is 6.22. The van der Waals surface area contributed by atoms with Crippen LogP contribution in [0.2, 0.25) is 0 Å². The summed E-state index contributed by atoms with van der Waals surface area (Å²) in [5.41, 5.74) is 2.20. The molecule has 1 saturated carbocycles. The van der Waals surface area contributed by atoms with E-state index in [0.29, 0.717) is 18.0 Å². The van der Waals surface area contributed by atoms with Gasteiger partial charge in [-0.15, -0.1) is 0 Å². The molecule has 1 fully saturated rings. The fourth-order valence-corrected chi connectivity index (χ4v) is 6.97. The fourth-order valence-electron chi connectivity index (χ4n) is 5.30. The summed E-state index contributed by atoms with van der Waals surface area (Å²) in [5.74, 6) is -0.133. The van der Waals surface area contributed by atoms with E-state index in [-0.39, 0.29) is 23.4 Å². The largest absolute Gasteiger partial charge is 0.494 e. The average molecular weight is 671 g/mol. The lowest BCUT2D eigenvalue weighted by Crippen LogP contribution is -2.53. The molecule has 8 nitrogen and oxygen atoms in total. The van der Waals surface area contributed by atoms with Gasteiger partial charge in [0.05, 0.1) is 17.2 Å². The molecule has 3 aromatic carbocycles. The van der Waals surface area contributed by atoms with Crippen molar-refractivity contribution in [3.8, 4) is 5.75 Å². The fraction of sp³-hybridized carbons (Fsp3) is 0.394. The lowest BCUT2D eigenvalue weighted by molar-refractivity contribution is -0.139. The maximum Gasteiger partial charge on any atom is 0.264 e. The zero-order chi connectivity index (χ0) is 31.0. The standard InChI is InChI=1S/C33H40BrN3O5S/c1-4-42-30-17-15-29(16-18-30)37(43(40,41)31-19-13-27(34)14-20-31)23-32(38)36(22-26-10-8-9-24(2)21-26)25(3)33(39)35-28-11-6-5-7-12-28/h8-10,13-21,25,28H,4-7,11-12,22-23H2,1-3H3,(H,35,39)/t25-/m0/s1. The molecule has 0 unspecified atom stereocenters. The highest BCUT2D eigenvalue weighted by molar-refractivity contribution is 9.10. The summed E-state index contributed by atoms with van der Waals surface area (Å²) in [6.45, 7) is 5.68. The number of carbonyl (C=O) groups excluding carboxylic acids is 2. The topological polar surface area (TPSA) is 96.0 Å². The zero-order valence-corrected chi connectivity index (χ0v) is 27.4. The summed E-state index contributed by atoms with van der Waals surface area (Å²) in [5, 5.41) is 3.13. The molecule has 1 N–H and O–H groups in total. The number of hydrogen-bond acceptors (Lipinski definition) is 5. The van der Waals surface area contributed by atoms with E-state index in [2.05, 4.69) is 21.2 Å². The Balaban J connectivity index is 1.68. The molecule has 0 bridgehead atoms. The molecule has 1 aliphatic carbocycles. The number of benzene rings is 3. The molecule has 230 valence electrons. The molecule has 1 atom stereocenters. The second kappa shape index (κ2) is 14.9. The van der Waals surface area contributed by atoms with Crippen molar-refractivity contribution < 1.29 is 22.7 Å². The van der Waals surface area contributed by atoms with Gasteiger partial charge < -0.3 is 15.0 Å². The highest BCUT2D eigenvalue weighted by Crippen LogP contribution is 2.28. The van der Waals surface area contributed by atoms with Gasteiger partial charge in [-0.3, -0.25) is 13.9 Å². The minimum Gasteiger partial charge on any atom is -0.494 e. The van der Waals surface area contributed by atoms with Gasteiger partial charge in [-0.1, -0.05) is 65.0 Å². The van der Waals surface area contributed by atoms with Crippen LogP contribution in [0.25, 0.3) is 0 Å². The van der Waals surface area contributed by atoms with Crippen molar-refractivity contribution in [3.63, 3.8) is 0 Å². The van der Waals surface area contributed by atoms with E-state index in [4.69, 9.17) is 4.74 Å². The molecule has 0 aromatic heterocycles. The summed E-state index contributed by atoms with van der Waals surface area (Å²) in [4.78, 5) is 29.2. The minimum absolute atomic E-state index is 0.0470. The van der Waals surface area contributed by atoms with Gasteiger partial charge in [0, 0.05) is 17.1 Å². The van der Waals surface area contributed by atoms with E-state index in [0.717, 1.165) is 52.0 Å². The van der Waals surface area contributed by atoms with Crippen LogP contribution in [0.3, 0.4) is 0 Å². The maximum atomic E-state index is 14.2. The van der Waals surface area contributed by atoms with Crippen molar-refractivity contribution in [2.24, 2.45) is 0 Å². The molecule has 43 heavy (non-hydrogen) atoms. The molecule has 2 amide bonds. The van der Waals surface area contributed by atoms with Gasteiger partial charge >= 0.3 is 0 Å². The normalized spacial score (nSPS) is 14.5. The van der Waals surface area contributed by atoms with E-state index in [1.807, 2.05) is 38.1 Å². The second-order valence-electron chi connectivity index (χ2n) is 10.9. The third-order valence-corrected chi connectivity index (χ3v) is 9.99. The molecule has 0 saturated heterocycles. The lowest BCUT2D eigenvalue weighted by atomic mass is 9.95. The Bertz CT molecular complexity index is 1490. The van der Waals surface area contributed by atoms with E-state index in [1.165, 1.54) is 17.0 Å². The number of carbonyl (C=O) groups is 2. The van der Waals surface area contributed by atoms with E-state index in [9.17, 15) is 18.0 Å². The number of aryl methyl sites for hydroxylation is 1. The summed E-state index contributed by atoms with van der Waals surface area (Å²) >= 11 is 3.36. The van der Waals surface area contributed by atoms with Gasteiger partial charge in [0.1, 0.15) is 18.3 Å². The number of nitrogens with one attached hydrogen (secondary N) is 1. The van der Waals surface area contributed by atoms with Crippen molar-refractivity contribution >= 4 is 43.5 Å². The van der Waals surface area contributed by atoms with Crippen LogP contribution in [-0.4, -0.2) is 50.4 Å². The van der Waals surface area contributed by atoms with Crippen molar-refractivity contribution in [2.75, 3.05) is 17.5 Å². The van der Waals surface area contributed by atoms with Gasteiger partial charge in [0.2, 0.25) is 11.8 Å². The summed E-state index contributed by atoms with van der Waals surface area (Å²) in [7, 11) is -4.15. The van der Waals surface area contributed by atoms with Crippen LogP contribution in [0, 0.1) is 6.92 Å². The van der Waals surface area contributed by atoms with Crippen LogP contribution in [-0.2, 0) is 26.2 Å². The lowest BCUT2D eigenvalue weighted by Gasteiger charge is -2.33. The van der Waals surface area contributed by atoms with Crippen LogP contribution in [0.1, 0.15) is 57.1 Å². The first kappa shape index (κ1) is 32.5. The number of sulfonamides is 1. The predicted molar refractivity (Wildman–Crippen MR) is 172 cm³/mol. The number of anilines is 1. The second-order valence-corrected chi connectivity index (χ2v) is 13.7. The molecular formula is C33H40BrN3O5S. The highest BCUT2D eigenvalue weighted by Gasteiger charge is 2.33. The van der Waals surface area contributed by atoms with E-state index in [1.54, 1.807) is 43.3 Å². The first-order valence-electron chi connectivity index (χ1n) is 14.7. The van der Waals surface area contributed by atoms with Crippen molar-refractivity contribution in [3.05, 3.63) is 88.4 Å². The Hall–Kier alpha value is -3.37. The number of amides is 2. The number of hydrogen-bond donors (Lipinski definition) is 1. The Morgan fingerprint density at radius 2 is 1.67 bits per heavy atom. The summed E-state index contributed by atoms with van der Waals surface area (Å²) < 4.78 is 35.4. The molecule has 10 heteroatoms. The number of rotatable bonds is 12. The number of ether oxygens (including phenoxy) is 1. The Kier molecular flexibility index (Phi) is 11.3. The SMILES string of the molecule is CCOc1ccc(N(CC(=O)N(Cc2cccc(C)c2)[C@@H](C)C(=O)NC2CCCCC2)S(=O)(=O)c2ccc(Br)cc2)cc1. The van der Waals surface area contributed by atoms with E-state index >= 15 is 0 Å². The van der Waals surface area contributed by atoms with Crippen LogP contribution in [0.4, 0.5) is 5.69 Å². The van der Waals surface area contributed by atoms with Crippen LogP contribution in [0.5, 0.6) is 5.75 Å². The molecule has 0 spiro atoms. The van der Waals surface area contributed by atoms with Crippen LogP contribution in [0.15, 0.2) is 82.2 Å². The third kappa shape index (κ3) is 8.60. The average Bonchev–Trinajstić information content (AvgIpc) is 2.99. The molecule has 0 heterocycles. The Morgan fingerprint density at radius 1 is 1.00 bits per heavy atom. The van der Waals surface area contributed by atoms with Crippen LogP contribution >= 0.6 is 15.9 Å². The number of halogens is 1. The zero-order valence-electron chi connectivity index (χ0n) is 25.0. The molecule has 1 aliphatic rings.